The SMILES string of the molecule is CC(C)OC(=O)CCC/C=C\C[C@@H]1[C@@H](C(=O)O)[C@H](OC(=O)c2ccccc2)C[C@@H]1OC(=O)c1ccccc1. The first-order valence-corrected chi connectivity index (χ1v) is 12.9. The van der Waals surface area contributed by atoms with E-state index in [1.807, 2.05) is 12.2 Å². The van der Waals surface area contributed by atoms with Gasteiger partial charge in [0.1, 0.15) is 18.1 Å². The molecule has 0 unspecified atom stereocenters. The van der Waals surface area contributed by atoms with Crippen molar-refractivity contribution in [1.82, 2.24) is 0 Å². The zero-order valence-electron chi connectivity index (χ0n) is 21.7. The molecule has 0 amide bonds. The maximum absolute atomic E-state index is 12.8. The van der Waals surface area contributed by atoms with Crippen molar-refractivity contribution in [3.63, 3.8) is 0 Å². The maximum Gasteiger partial charge on any atom is 0.338 e. The Balaban J connectivity index is 1.71. The number of benzene rings is 2. The van der Waals surface area contributed by atoms with Crippen LogP contribution in [-0.4, -0.2) is 47.3 Å². The molecule has 1 aliphatic carbocycles. The molecule has 2 aromatic carbocycles. The smallest absolute Gasteiger partial charge is 0.338 e. The Morgan fingerprint density at radius 2 is 1.42 bits per heavy atom. The molecule has 0 bridgehead atoms. The standard InChI is InChI=1S/C30H34O8/c1-20(2)36-26(31)18-12-4-3-11-17-23-24(37-29(34)21-13-7-5-8-14-21)19-25(27(23)28(32)33)38-30(35)22-15-9-6-10-16-22/h3,5-11,13-16,20,23-25,27H,4,12,17-19H2,1-2H3,(H,32,33)/b11-3-/t23-,24-,25+,27+/m0/s1. The lowest BCUT2D eigenvalue weighted by Gasteiger charge is -2.22. The minimum atomic E-state index is -1.12. The Morgan fingerprint density at radius 1 is 0.868 bits per heavy atom. The number of carbonyl (C=O) groups excluding carboxylic acids is 3. The average Bonchev–Trinajstić information content (AvgIpc) is 3.23. The number of esters is 3. The van der Waals surface area contributed by atoms with Gasteiger partial charge in [0.05, 0.1) is 17.2 Å². The Bertz CT molecular complexity index is 1110. The highest BCUT2D eigenvalue weighted by Crippen LogP contribution is 2.40. The highest BCUT2D eigenvalue weighted by Gasteiger charge is 2.50. The van der Waals surface area contributed by atoms with Gasteiger partial charge in [0.15, 0.2) is 0 Å². The van der Waals surface area contributed by atoms with Crippen molar-refractivity contribution >= 4 is 23.9 Å². The summed E-state index contributed by atoms with van der Waals surface area (Å²) in [6.45, 7) is 3.59. The molecule has 3 rings (SSSR count). The number of carboxylic acid groups (broad SMARTS) is 1. The van der Waals surface area contributed by atoms with Gasteiger partial charge >= 0.3 is 23.9 Å². The molecule has 1 N–H and O–H groups in total. The summed E-state index contributed by atoms with van der Waals surface area (Å²) in [6.07, 6.45) is 3.71. The number of hydrogen-bond donors (Lipinski definition) is 1. The van der Waals surface area contributed by atoms with Gasteiger partial charge in [-0.2, -0.15) is 0 Å². The second-order valence-corrected chi connectivity index (χ2v) is 9.52. The first-order valence-electron chi connectivity index (χ1n) is 12.9. The number of carboxylic acids is 1. The van der Waals surface area contributed by atoms with Crippen molar-refractivity contribution in [3.05, 3.63) is 83.9 Å². The van der Waals surface area contributed by atoms with Crippen LogP contribution < -0.4 is 0 Å². The molecule has 0 heterocycles. The van der Waals surface area contributed by atoms with Crippen LogP contribution in [0.5, 0.6) is 0 Å². The van der Waals surface area contributed by atoms with Gasteiger partial charge in [-0.15, -0.1) is 0 Å². The Kier molecular flexibility index (Phi) is 10.6. The van der Waals surface area contributed by atoms with Gasteiger partial charge in [-0.1, -0.05) is 48.6 Å². The van der Waals surface area contributed by atoms with Gasteiger partial charge in [-0.05, 0) is 57.4 Å². The maximum atomic E-state index is 12.8. The fraction of sp³-hybridized carbons (Fsp3) is 0.400. The minimum Gasteiger partial charge on any atom is -0.481 e. The minimum absolute atomic E-state index is 0.0770. The van der Waals surface area contributed by atoms with Crippen molar-refractivity contribution < 1.29 is 38.5 Å². The van der Waals surface area contributed by atoms with Crippen LogP contribution in [-0.2, 0) is 23.8 Å². The highest BCUT2D eigenvalue weighted by atomic mass is 16.6. The molecule has 0 saturated heterocycles. The van der Waals surface area contributed by atoms with Crippen molar-refractivity contribution in [1.29, 1.82) is 0 Å². The van der Waals surface area contributed by atoms with Crippen LogP contribution in [0, 0.1) is 11.8 Å². The van der Waals surface area contributed by atoms with Gasteiger partial charge in [-0.3, -0.25) is 9.59 Å². The summed E-state index contributed by atoms with van der Waals surface area (Å²) in [6, 6.07) is 16.8. The van der Waals surface area contributed by atoms with E-state index in [0.29, 0.717) is 36.8 Å². The molecule has 1 fully saturated rings. The van der Waals surface area contributed by atoms with Gasteiger partial charge in [0.2, 0.25) is 0 Å². The Labute approximate surface area is 222 Å². The molecule has 8 heteroatoms. The molecule has 38 heavy (non-hydrogen) atoms. The summed E-state index contributed by atoms with van der Waals surface area (Å²) >= 11 is 0. The van der Waals surface area contributed by atoms with Crippen molar-refractivity contribution in [2.24, 2.45) is 11.8 Å². The van der Waals surface area contributed by atoms with Crippen LogP contribution in [0.15, 0.2) is 72.8 Å². The summed E-state index contributed by atoms with van der Waals surface area (Å²) in [4.78, 5) is 49.5. The first-order chi connectivity index (χ1) is 18.3. The molecule has 0 spiro atoms. The number of hydrogen-bond acceptors (Lipinski definition) is 7. The summed E-state index contributed by atoms with van der Waals surface area (Å²) in [5, 5.41) is 10.1. The van der Waals surface area contributed by atoms with E-state index in [4.69, 9.17) is 14.2 Å². The predicted molar refractivity (Wildman–Crippen MR) is 139 cm³/mol. The third kappa shape index (κ3) is 8.30. The third-order valence-electron chi connectivity index (χ3n) is 6.32. The van der Waals surface area contributed by atoms with Gasteiger partial charge in [0.25, 0.3) is 0 Å². The van der Waals surface area contributed by atoms with E-state index >= 15 is 0 Å². The molecule has 8 nitrogen and oxygen atoms in total. The molecule has 1 aliphatic rings. The predicted octanol–water partition coefficient (Wildman–Crippen LogP) is 5.23. The van der Waals surface area contributed by atoms with E-state index in [0.717, 1.165) is 0 Å². The zero-order chi connectivity index (χ0) is 27.5. The van der Waals surface area contributed by atoms with Gasteiger partial charge in [0, 0.05) is 18.8 Å². The second-order valence-electron chi connectivity index (χ2n) is 9.52. The van der Waals surface area contributed by atoms with Crippen LogP contribution in [0.2, 0.25) is 0 Å². The molecule has 1 saturated carbocycles. The van der Waals surface area contributed by atoms with Crippen LogP contribution in [0.4, 0.5) is 0 Å². The fourth-order valence-electron chi connectivity index (χ4n) is 4.57. The molecule has 202 valence electrons. The number of unbranched alkanes of at least 4 members (excludes halogenated alkanes) is 1. The lowest BCUT2D eigenvalue weighted by Crippen LogP contribution is -2.33. The number of rotatable bonds is 12. The van der Waals surface area contributed by atoms with Crippen LogP contribution >= 0.6 is 0 Å². The van der Waals surface area contributed by atoms with Crippen LogP contribution in [0.3, 0.4) is 0 Å². The molecule has 2 aromatic rings. The lowest BCUT2D eigenvalue weighted by molar-refractivity contribution is -0.148. The first kappa shape index (κ1) is 28.6. The zero-order valence-corrected chi connectivity index (χ0v) is 21.7. The normalized spacial score (nSPS) is 20.8. The van der Waals surface area contributed by atoms with Gasteiger partial charge < -0.3 is 19.3 Å². The Morgan fingerprint density at radius 3 is 1.95 bits per heavy atom. The Hall–Kier alpha value is -3.94. The quantitative estimate of drug-likeness (QED) is 0.174. The van der Waals surface area contributed by atoms with E-state index < -0.39 is 42.0 Å². The van der Waals surface area contributed by atoms with E-state index in [1.54, 1.807) is 74.5 Å². The second kappa shape index (κ2) is 14.1. The summed E-state index contributed by atoms with van der Waals surface area (Å²) in [5.41, 5.74) is 0.667. The van der Waals surface area contributed by atoms with Crippen molar-refractivity contribution in [2.75, 3.05) is 0 Å². The summed E-state index contributed by atoms with van der Waals surface area (Å²) in [5.74, 6) is -4.22. The van der Waals surface area contributed by atoms with E-state index in [2.05, 4.69) is 0 Å². The van der Waals surface area contributed by atoms with Gasteiger partial charge in [-0.25, -0.2) is 9.59 Å². The summed E-state index contributed by atoms with van der Waals surface area (Å²) < 4.78 is 16.5. The number of aliphatic carboxylic acids is 1. The van der Waals surface area contributed by atoms with Crippen LogP contribution in [0.25, 0.3) is 0 Å². The van der Waals surface area contributed by atoms with Crippen molar-refractivity contribution in [3.8, 4) is 0 Å². The van der Waals surface area contributed by atoms with E-state index in [1.165, 1.54) is 0 Å². The lowest BCUT2D eigenvalue weighted by atomic mass is 9.90. The number of ether oxygens (including phenoxy) is 3. The average molecular weight is 523 g/mol. The molecular formula is C30H34O8. The third-order valence-corrected chi connectivity index (χ3v) is 6.32. The largest absolute Gasteiger partial charge is 0.481 e. The molecular weight excluding hydrogens is 488 g/mol. The summed E-state index contributed by atoms with van der Waals surface area (Å²) in [7, 11) is 0. The topological polar surface area (TPSA) is 116 Å². The van der Waals surface area contributed by atoms with E-state index in [-0.39, 0.29) is 18.5 Å². The fourth-order valence-corrected chi connectivity index (χ4v) is 4.57. The van der Waals surface area contributed by atoms with Crippen molar-refractivity contribution in [2.45, 2.75) is 64.3 Å². The van der Waals surface area contributed by atoms with Crippen LogP contribution in [0.1, 0.15) is 66.7 Å². The molecule has 0 radical (unpaired) electrons. The molecule has 0 aliphatic heterocycles. The number of allylic oxidation sites excluding steroid dienone is 2. The molecule has 0 aromatic heterocycles. The van der Waals surface area contributed by atoms with E-state index in [9.17, 15) is 24.3 Å². The number of carbonyl (C=O) groups is 4. The highest BCUT2D eigenvalue weighted by molar-refractivity contribution is 5.90. The monoisotopic (exact) mass is 522 g/mol. The molecule has 4 atom stereocenters.